The van der Waals surface area contributed by atoms with Gasteiger partial charge < -0.3 is 5.32 Å². The van der Waals surface area contributed by atoms with Crippen molar-refractivity contribution in [2.75, 3.05) is 0 Å². The molecule has 0 saturated heterocycles. The first-order valence-electron chi connectivity index (χ1n) is 10.1. The van der Waals surface area contributed by atoms with Crippen LogP contribution < -0.4 is 5.32 Å². The Kier molecular flexibility index (Phi) is 5.44. The van der Waals surface area contributed by atoms with E-state index in [9.17, 15) is 10.1 Å². The van der Waals surface area contributed by atoms with Gasteiger partial charge in [0.15, 0.2) is 0 Å². The minimum absolute atomic E-state index is 0.0491. The Labute approximate surface area is 175 Å². The maximum atomic E-state index is 13.0. The molecule has 2 heterocycles. The van der Waals surface area contributed by atoms with Crippen molar-refractivity contribution in [2.24, 2.45) is 7.05 Å². The quantitative estimate of drug-likeness (QED) is 0.521. The maximum absolute atomic E-state index is 13.0. The third-order valence-corrected chi connectivity index (χ3v) is 5.56. The van der Waals surface area contributed by atoms with Gasteiger partial charge in [-0.3, -0.25) is 9.48 Å². The summed E-state index contributed by atoms with van der Waals surface area (Å²) in [5.74, 6) is -0.364. The van der Waals surface area contributed by atoms with Crippen LogP contribution in [0.1, 0.15) is 36.9 Å². The molecule has 6 nitrogen and oxygen atoms in total. The molecule has 0 radical (unpaired) electrons. The number of nitrogens with zero attached hydrogens (tertiary/aromatic N) is 4. The second kappa shape index (κ2) is 8.34. The second-order valence-corrected chi connectivity index (χ2v) is 7.63. The predicted molar refractivity (Wildman–Crippen MR) is 115 cm³/mol. The van der Waals surface area contributed by atoms with Gasteiger partial charge in [0.05, 0.1) is 23.1 Å². The highest BCUT2D eigenvalue weighted by molar-refractivity contribution is 6.02. The van der Waals surface area contributed by atoms with Crippen molar-refractivity contribution in [2.45, 2.75) is 31.2 Å². The molecule has 0 atom stereocenters. The lowest BCUT2D eigenvalue weighted by molar-refractivity contribution is -0.119. The van der Waals surface area contributed by atoms with Crippen LogP contribution in [0.25, 0.3) is 17.3 Å². The minimum atomic E-state index is -0.417. The number of carbonyl (C=O) groups excluding carboxylic acids is 1. The number of benzene rings is 1. The van der Waals surface area contributed by atoms with E-state index >= 15 is 0 Å². The summed E-state index contributed by atoms with van der Waals surface area (Å²) in [7, 11) is 1.84. The minimum Gasteiger partial charge on any atom is -0.342 e. The first-order valence-corrected chi connectivity index (χ1v) is 10.1. The largest absolute Gasteiger partial charge is 0.342 e. The summed E-state index contributed by atoms with van der Waals surface area (Å²) >= 11 is 0. The van der Waals surface area contributed by atoms with Crippen molar-refractivity contribution in [3.05, 3.63) is 77.8 Å². The second-order valence-electron chi connectivity index (χ2n) is 7.63. The number of pyridine rings is 1. The Morgan fingerprint density at radius 2 is 1.93 bits per heavy atom. The lowest BCUT2D eigenvalue weighted by atomic mass is 9.88. The van der Waals surface area contributed by atoms with Crippen molar-refractivity contribution >= 4 is 12.0 Å². The Morgan fingerprint density at radius 1 is 1.17 bits per heavy atom. The van der Waals surface area contributed by atoms with Crippen molar-refractivity contribution < 1.29 is 4.79 Å². The molecule has 1 aromatic carbocycles. The molecule has 1 N–H and O–H groups in total. The van der Waals surface area contributed by atoms with Crippen molar-refractivity contribution in [1.29, 1.82) is 5.26 Å². The van der Waals surface area contributed by atoms with Gasteiger partial charge in [0.2, 0.25) is 0 Å². The van der Waals surface area contributed by atoms with E-state index in [1.54, 1.807) is 23.0 Å². The van der Waals surface area contributed by atoms with Gasteiger partial charge >= 0.3 is 0 Å². The van der Waals surface area contributed by atoms with Crippen LogP contribution in [-0.2, 0) is 17.4 Å². The lowest BCUT2D eigenvalue weighted by Gasteiger charge is -2.31. The molecule has 1 aliphatic rings. The van der Waals surface area contributed by atoms with E-state index in [4.69, 9.17) is 0 Å². The number of nitriles is 1. The number of hydrogen-bond acceptors (Lipinski definition) is 4. The summed E-state index contributed by atoms with van der Waals surface area (Å²) in [4.78, 5) is 17.6. The highest BCUT2D eigenvalue weighted by Gasteiger charge is 2.37. The normalized spacial score (nSPS) is 15.5. The van der Waals surface area contributed by atoms with Crippen LogP contribution in [0, 0.1) is 11.3 Å². The molecule has 150 valence electrons. The topological polar surface area (TPSA) is 83.6 Å². The highest BCUT2D eigenvalue weighted by Crippen LogP contribution is 2.38. The summed E-state index contributed by atoms with van der Waals surface area (Å²) in [5.41, 5.74) is 2.90. The average Bonchev–Trinajstić information content (AvgIpc) is 3.43. The first-order chi connectivity index (χ1) is 14.6. The molecule has 3 aromatic rings. The summed E-state index contributed by atoms with van der Waals surface area (Å²) < 4.78 is 1.71. The number of rotatable bonds is 5. The molecule has 0 aliphatic heterocycles. The SMILES string of the molecule is Cn1cc(-c2cccc(/C=C(\C#N)C(=O)NC3(c4ccccc4)CCCC3)n2)cn1. The molecule has 1 fully saturated rings. The molecule has 1 aliphatic carbocycles. The number of hydrogen-bond donors (Lipinski definition) is 1. The van der Waals surface area contributed by atoms with Gasteiger partial charge in [-0.1, -0.05) is 49.2 Å². The molecule has 6 heteroatoms. The van der Waals surface area contributed by atoms with Crippen LogP contribution in [0.15, 0.2) is 66.5 Å². The smallest absolute Gasteiger partial charge is 0.262 e. The molecule has 1 saturated carbocycles. The van der Waals surface area contributed by atoms with E-state index in [1.165, 1.54) is 0 Å². The van der Waals surface area contributed by atoms with Gasteiger partial charge in [-0.05, 0) is 36.6 Å². The maximum Gasteiger partial charge on any atom is 0.262 e. The van der Waals surface area contributed by atoms with E-state index < -0.39 is 5.54 Å². The number of aryl methyl sites for hydroxylation is 1. The monoisotopic (exact) mass is 397 g/mol. The van der Waals surface area contributed by atoms with Crippen LogP contribution in [0.4, 0.5) is 0 Å². The van der Waals surface area contributed by atoms with Crippen LogP contribution in [0.5, 0.6) is 0 Å². The molecular weight excluding hydrogens is 374 g/mol. The predicted octanol–water partition coefficient (Wildman–Crippen LogP) is 3.97. The fourth-order valence-electron chi connectivity index (χ4n) is 4.05. The summed E-state index contributed by atoms with van der Waals surface area (Å²) in [6.07, 6.45) is 9.00. The van der Waals surface area contributed by atoms with Crippen molar-refractivity contribution in [3.8, 4) is 17.3 Å². The zero-order chi connectivity index (χ0) is 21.0. The fourth-order valence-corrected chi connectivity index (χ4v) is 4.05. The number of aromatic nitrogens is 3. The van der Waals surface area contributed by atoms with E-state index in [0.717, 1.165) is 42.5 Å². The third kappa shape index (κ3) is 4.01. The Morgan fingerprint density at radius 3 is 2.60 bits per heavy atom. The molecular formula is C24H23N5O. The summed E-state index contributed by atoms with van der Waals surface area (Å²) in [6, 6.07) is 17.6. The fraction of sp³-hybridized carbons (Fsp3) is 0.250. The molecule has 0 bridgehead atoms. The van der Waals surface area contributed by atoms with Gasteiger partial charge in [-0.15, -0.1) is 0 Å². The van der Waals surface area contributed by atoms with Crippen LogP contribution in [-0.4, -0.2) is 20.7 Å². The molecule has 1 amide bonds. The van der Waals surface area contributed by atoms with Crippen LogP contribution in [0.2, 0.25) is 0 Å². The Hall–Kier alpha value is -3.72. The molecule has 2 aromatic heterocycles. The first kappa shape index (κ1) is 19.6. The van der Waals surface area contributed by atoms with Gasteiger partial charge in [0, 0.05) is 18.8 Å². The van der Waals surface area contributed by atoms with Gasteiger partial charge in [-0.2, -0.15) is 10.4 Å². The average molecular weight is 397 g/mol. The van der Waals surface area contributed by atoms with E-state index in [0.29, 0.717) is 5.69 Å². The molecule has 4 rings (SSSR count). The third-order valence-electron chi connectivity index (χ3n) is 5.56. The van der Waals surface area contributed by atoms with Gasteiger partial charge in [-0.25, -0.2) is 4.98 Å². The Bertz CT molecular complexity index is 1120. The summed E-state index contributed by atoms with van der Waals surface area (Å²) in [6.45, 7) is 0. The molecule has 30 heavy (non-hydrogen) atoms. The van der Waals surface area contributed by atoms with Crippen molar-refractivity contribution in [3.63, 3.8) is 0 Å². The Balaban J connectivity index is 1.60. The highest BCUT2D eigenvalue weighted by atomic mass is 16.1. The summed E-state index contributed by atoms with van der Waals surface area (Å²) in [5, 5.41) is 17.0. The number of nitrogens with one attached hydrogen (secondary N) is 1. The van der Waals surface area contributed by atoms with Gasteiger partial charge in [0.25, 0.3) is 5.91 Å². The lowest BCUT2D eigenvalue weighted by Crippen LogP contribution is -2.44. The standard InChI is InChI=1S/C24H23N5O/c1-29-17-19(16-26-29)22-11-7-10-21(27-22)14-18(15-25)23(30)28-24(12-5-6-13-24)20-8-3-2-4-9-20/h2-4,7-11,14,16-17H,5-6,12-13H2,1H3,(H,28,30)/b18-14+. The number of carbonyl (C=O) groups is 1. The zero-order valence-electron chi connectivity index (χ0n) is 16.9. The van der Waals surface area contributed by atoms with Crippen LogP contribution >= 0.6 is 0 Å². The van der Waals surface area contributed by atoms with Gasteiger partial charge in [0.1, 0.15) is 11.6 Å². The molecule has 0 unspecified atom stereocenters. The van der Waals surface area contributed by atoms with E-state index in [-0.39, 0.29) is 11.5 Å². The molecule has 0 spiro atoms. The number of amides is 1. The van der Waals surface area contributed by atoms with E-state index in [2.05, 4.69) is 15.4 Å². The van der Waals surface area contributed by atoms with Crippen molar-refractivity contribution in [1.82, 2.24) is 20.1 Å². The zero-order valence-corrected chi connectivity index (χ0v) is 16.9. The van der Waals surface area contributed by atoms with Crippen LogP contribution in [0.3, 0.4) is 0 Å². The van der Waals surface area contributed by atoms with E-state index in [1.807, 2.05) is 61.8 Å².